The Bertz CT molecular complexity index is 611. The van der Waals surface area contributed by atoms with Crippen molar-refractivity contribution < 1.29 is 24.5 Å². The Morgan fingerprint density at radius 2 is 2.17 bits per heavy atom. The number of allylic oxidation sites excluding steroid dienone is 3. The summed E-state index contributed by atoms with van der Waals surface area (Å²) in [6.07, 6.45) is 15.1. The van der Waals surface area contributed by atoms with Crippen LogP contribution >= 0.6 is 0 Å². The fourth-order valence-electron chi connectivity index (χ4n) is 4.28. The number of hydrogen-bond donors (Lipinski definition) is 2. The van der Waals surface area contributed by atoms with Gasteiger partial charge in [0.2, 0.25) is 0 Å². The second kappa shape index (κ2) is 12.1. The van der Waals surface area contributed by atoms with Gasteiger partial charge in [-0.25, -0.2) is 0 Å². The molecule has 1 heterocycles. The summed E-state index contributed by atoms with van der Waals surface area (Å²) in [7, 11) is 0. The summed E-state index contributed by atoms with van der Waals surface area (Å²) in [6, 6.07) is 2.15. The molecule has 29 heavy (non-hydrogen) atoms. The minimum Gasteiger partial charge on any atom is -0.481 e. The molecule has 162 valence electrons. The molecule has 0 aromatic heterocycles. The Kier molecular flexibility index (Phi) is 9.86. The lowest BCUT2D eigenvalue weighted by Gasteiger charge is -2.31. The summed E-state index contributed by atoms with van der Waals surface area (Å²) < 4.78 is 12.0. The van der Waals surface area contributed by atoms with Crippen LogP contribution in [0.1, 0.15) is 71.1 Å². The second-order valence-electron chi connectivity index (χ2n) is 8.11. The lowest BCUT2D eigenvalue weighted by atomic mass is 9.88. The summed E-state index contributed by atoms with van der Waals surface area (Å²) in [5.74, 6) is -1.20. The van der Waals surface area contributed by atoms with Crippen LogP contribution in [0.2, 0.25) is 0 Å². The number of rotatable bonds is 12. The van der Waals surface area contributed by atoms with Gasteiger partial charge >= 0.3 is 5.97 Å². The second-order valence-corrected chi connectivity index (χ2v) is 8.11. The van der Waals surface area contributed by atoms with Crippen molar-refractivity contribution in [3.05, 3.63) is 24.3 Å². The Morgan fingerprint density at radius 3 is 2.86 bits per heavy atom. The highest BCUT2D eigenvalue weighted by Crippen LogP contribution is 2.49. The average molecular weight is 406 g/mol. The van der Waals surface area contributed by atoms with E-state index in [-0.39, 0.29) is 18.3 Å². The third-order valence-electron chi connectivity index (χ3n) is 5.87. The van der Waals surface area contributed by atoms with Crippen LogP contribution in [0.25, 0.3) is 0 Å². The molecule has 0 aromatic carbocycles. The molecule has 0 amide bonds. The fourth-order valence-corrected chi connectivity index (χ4v) is 4.28. The molecule has 1 spiro atoms. The number of carboxylic acids is 1. The molecule has 1 saturated carbocycles. The first-order valence-corrected chi connectivity index (χ1v) is 10.9. The predicted molar refractivity (Wildman–Crippen MR) is 110 cm³/mol. The van der Waals surface area contributed by atoms with E-state index < -0.39 is 24.0 Å². The van der Waals surface area contributed by atoms with E-state index in [1.54, 1.807) is 0 Å². The summed E-state index contributed by atoms with van der Waals surface area (Å²) in [4.78, 5) is 10.6. The Morgan fingerprint density at radius 1 is 1.34 bits per heavy atom. The van der Waals surface area contributed by atoms with Crippen LogP contribution in [0.5, 0.6) is 0 Å². The van der Waals surface area contributed by atoms with Gasteiger partial charge in [0.15, 0.2) is 11.9 Å². The van der Waals surface area contributed by atoms with Crippen molar-refractivity contribution in [2.24, 2.45) is 11.8 Å². The molecule has 1 saturated heterocycles. The van der Waals surface area contributed by atoms with Crippen molar-refractivity contribution in [3.8, 4) is 6.07 Å². The third kappa shape index (κ3) is 7.26. The zero-order valence-corrected chi connectivity index (χ0v) is 17.5. The molecular weight excluding hydrogens is 370 g/mol. The zero-order valence-electron chi connectivity index (χ0n) is 17.5. The number of ether oxygens (including phenoxy) is 2. The largest absolute Gasteiger partial charge is 0.481 e. The van der Waals surface area contributed by atoms with Gasteiger partial charge in [0.1, 0.15) is 0 Å². The zero-order chi connectivity index (χ0) is 21.1. The van der Waals surface area contributed by atoms with Crippen LogP contribution < -0.4 is 0 Å². The third-order valence-corrected chi connectivity index (χ3v) is 5.87. The van der Waals surface area contributed by atoms with E-state index in [4.69, 9.17) is 14.6 Å². The standard InChI is InChI=1S/C23H35NO5/c1-2-3-6-9-19(25)13-12-18-14-15-23(28-17-20(16-24)29-23)21(18)10-7-4-5-8-11-22(26)27/h4,7,12-13,18-21,25H,2-3,5-6,8-11,14-15,17H2,1H3,(H,26,27)/b7-4+,13-12+. The number of carboxylic acid groups (broad SMARTS) is 1. The first-order chi connectivity index (χ1) is 14.0. The molecule has 0 radical (unpaired) electrons. The molecular formula is C23H35NO5. The minimum atomic E-state index is -0.772. The molecule has 6 nitrogen and oxygen atoms in total. The number of nitrogens with zero attached hydrogens (tertiary/aromatic N) is 1. The SMILES string of the molecule is CCCCCC(O)/C=C/C1CCC2(OCC(C#N)O2)C1C/C=C/CCCC(=O)O. The molecule has 1 aliphatic carbocycles. The van der Waals surface area contributed by atoms with Gasteiger partial charge in [-0.2, -0.15) is 5.26 Å². The Balaban J connectivity index is 1.97. The van der Waals surface area contributed by atoms with Crippen molar-refractivity contribution in [1.29, 1.82) is 5.26 Å². The van der Waals surface area contributed by atoms with E-state index in [0.29, 0.717) is 13.0 Å². The average Bonchev–Trinajstić information content (AvgIpc) is 3.27. The number of aliphatic hydroxyl groups excluding tert-OH is 1. The molecule has 2 rings (SSSR count). The van der Waals surface area contributed by atoms with E-state index in [1.165, 1.54) is 0 Å². The maximum absolute atomic E-state index is 10.6. The highest BCUT2D eigenvalue weighted by atomic mass is 16.7. The molecule has 0 bridgehead atoms. The number of aliphatic hydroxyl groups is 1. The molecule has 2 N–H and O–H groups in total. The first-order valence-electron chi connectivity index (χ1n) is 10.9. The number of carbonyl (C=O) groups is 1. The number of nitriles is 1. The van der Waals surface area contributed by atoms with E-state index in [1.807, 2.05) is 12.2 Å². The molecule has 2 aliphatic rings. The highest BCUT2D eigenvalue weighted by molar-refractivity contribution is 5.66. The monoisotopic (exact) mass is 405 g/mol. The topological polar surface area (TPSA) is 99.8 Å². The van der Waals surface area contributed by atoms with Gasteiger partial charge in [-0.3, -0.25) is 4.79 Å². The lowest BCUT2D eigenvalue weighted by molar-refractivity contribution is -0.189. The van der Waals surface area contributed by atoms with Gasteiger partial charge in [-0.05, 0) is 38.0 Å². The fraction of sp³-hybridized carbons (Fsp3) is 0.739. The molecule has 6 heteroatoms. The van der Waals surface area contributed by atoms with Gasteiger partial charge < -0.3 is 19.7 Å². The molecule has 2 fully saturated rings. The van der Waals surface area contributed by atoms with E-state index in [0.717, 1.165) is 51.4 Å². The summed E-state index contributed by atoms with van der Waals surface area (Å²) in [5.41, 5.74) is 0. The highest BCUT2D eigenvalue weighted by Gasteiger charge is 2.53. The molecule has 5 unspecified atom stereocenters. The summed E-state index contributed by atoms with van der Waals surface area (Å²) >= 11 is 0. The minimum absolute atomic E-state index is 0.0793. The van der Waals surface area contributed by atoms with Crippen LogP contribution in [-0.4, -0.2) is 40.8 Å². The van der Waals surface area contributed by atoms with E-state index in [9.17, 15) is 15.2 Å². The van der Waals surface area contributed by atoms with Gasteiger partial charge in [0, 0.05) is 18.8 Å². The number of hydrogen-bond acceptors (Lipinski definition) is 5. The van der Waals surface area contributed by atoms with Crippen LogP contribution in [0.3, 0.4) is 0 Å². The van der Waals surface area contributed by atoms with Gasteiger partial charge in [-0.1, -0.05) is 50.5 Å². The quantitative estimate of drug-likeness (QED) is 0.370. The Labute approximate surface area is 174 Å². The molecule has 1 aliphatic heterocycles. The van der Waals surface area contributed by atoms with E-state index >= 15 is 0 Å². The maximum Gasteiger partial charge on any atom is 0.303 e. The van der Waals surface area contributed by atoms with Gasteiger partial charge in [0.25, 0.3) is 0 Å². The first kappa shape index (κ1) is 23.6. The number of aliphatic carboxylic acids is 1. The lowest BCUT2D eigenvalue weighted by Crippen LogP contribution is -2.36. The maximum atomic E-state index is 10.6. The van der Waals surface area contributed by atoms with E-state index in [2.05, 4.69) is 25.1 Å². The normalized spacial score (nSPS) is 30.4. The van der Waals surface area contributed by atoms with Crippen molar-refractivity contribution >= 4 is 5.97 Å². The summed E-state index contributed by atoms with van der Waals surface area (Å²) in [5, 5.41) is 28.1. The predicted octanol–water partition coefficient (Wildman–Crippen LogP) is 4.35. The van der Waals surface area contributed by atoms with Crippen molar-refractivity contribution in [1.82, 2.24) is 0 Å². The van der Waals surface area contributed by atoms with Crippen LogP contribution in [-0.2, 0) is 14.3 Å². The molecule has 0 aromatic rings. The Hall–Kier alpha value is -1.68. The van der Waals surface area contributed by atoms with Crippen LogP contribution in [0.4, 0.5) is 0 Å². The van der Waals surface area contributed by atoms with Crippen molar-refractivity contribution in [2.75, 3.05) is 6.61 Å². The summed E-state index contributed by atoms with van der Waals surface area (Å²) in [6.45, 7) is 2.45. The van der Waals surface area contributed by atoms with Crippen molar-refractivity contribution in [2.45, 2.75) is 89.1 Å². The smallest absolute Gasteiger partial charge is 0.303 e. The van der Waals surface area contributed by atoms with Gasteiger partial charge in [0.05, 0.1) is 18.8 Å². The number of unbranched alkanes of at least 4 members (excludes halogenated alkanes) is 3. The van der Waals surface area contributed by atoms with Crippen LogP contribution in [0.15, 0.2) is 24.3 Å². The van der Waals surface area contributed by atoms with Crippen molar-refractivity contribution in [3.63, 3.8) is 0 Å². The van der Waals surface area contributed by atoms with Gasteiger partial charge in [-0.15, -0.1) is 0 Å². The molecule has 5 atom stereocenters. The van der Waals surface area contributed by atoms with Crippen LogP contribution in [0, 0.1) is 23.2 Å².